The summed E-state index contributed by atoms with van der Waals surface area (Å²) in [5.74, 6) is 2.09. The van der Waals surface area contributed by atoms with Gasteiger partial charge in [0.25, 0.3) is 5.89 Å². The second-order valence-electron chi connectivity index (χ2n) is 5.80. The van der Waals surface area contributed by atoms with Crippen molar-refractivity contribution >= 4 is 18.1 Å². The Morgan fingerprint density at radius 3 is 2.86 bits per heavy atom. The smallest absolute Gasteiger partial charge is 0.258 e. The Hall–Kier alpha value is -1.55. The number of benzene rings is 1. The lowest BCUT2D eigenvalue weighted by Gasteiger charge is -2.19. The molecule has 0 unspecified atom stereocenters. The van der Waals surface area contributed by atoms with Crippen molar-refractivity contribution in [2.45, 2.75) is 44.4 Å². The van der Waals surface area contributed by atoms with Crippen molar-refractivity contribution in [2.24, 2.45) is 0 Å². The molecule has 21 heavy (non-hydrogen) atoms. The molecule has 1 fully saturated rings. The first kappa shape index (κ1) is 14.4. The van der Waals surface area contributed by atoms with Crippen LogP contribution >= 0.6 is 12.4 Å². The van der Waals surface area contributed by atoms with Crippen LogP contribution in [-0.4, -0.2) is 16.7 Å². The summed E-state index contributed by atoms with van der Waals surface area (Å²) in [5.41, 5.74) is 3.64. The summed E-state index contributed by atoms with van der Waals surface area (Å²) < 4.78 is 5.54. The van der Waals surface area contributed by atoms with Crippen LogP contribution in [0.2, 0.25) is 0 Å². The van der Waals surface area contributed by atoms with E-state index in [4.69, 9.17) is 4.52 Å². The van der Waals surface area contributed by atoms with Gasteiger partial charge in [0.15, 0.2) is 5.82 Å². The van der Waals surface area contributed by atoms with Crippen LogP contribution in [-0.2, 0) is 6.42 Å². The molecule has 0 atom stereocenters. The van der Waals surface area contributed by atoms with Gasteiger partial charge in [-0.2, -0.15) is 4.98 Å². The van der Waals surface area contributed by atoms with Gasteiger partial charge in [-0.15, -0.1) is 12.4 Å². The minimum Gasteiger partial charge on any atom is -0.385 e. The first-order valence-corrected chi connectivity index (χ1v) is 7.61. The fraction of sp³-hybridized carbons (Fsp3) is 0.500. The lowest BCUT2D eigenvalue weighted by molar-refractivity contribution is 0.415. The van der Waals surface area contributed by atoms with Gasteiger partial charge in [-0.3, -0.25) is 0 Å². The molecule has 2 aromatic rings. The molecule has 2 heterocycles. The largest absolute Gasteiger partial charge is 0.385 e. The Morgan fingerprint density at radius 2 is 2.00 bits per heavy atom. The van der Waals surface area contributed by atoms with Crippen LogP contribution in [0.25, 0.3) is 11.5 Å². The number of nitrogens with zero attached hydrogens (tertiary/aromatic N) is 2. The van der Waals surface area contributed by atoms with E-state index >= 15 is 0 Å². The van der Waals surface area contributed by atoms with E-state index in [2.05, 4.69) is 33.7 Å². The zero-order valence-electron chi connectivity index (χ0n) is 12.0. The Morgan fingerprint density at radius 1 is 1.14 bits per heavy atom. The number of halogens is 1. The quantitative estimate of drug-likeness (QED) is 0.904. The molecule has 0 spiro atoms. The molecule has 0 radical (unpaired) electrons. The van der Waals surface area contributed by atoms with Gasteiger partial charge in [0.2, 0.25) is 0 Å². The molecule has 1 aliphatic carbocycles. The number of rotatable bonds is 2. The van der Waals surface area contributed by atoms with E-state index in [1.54, 1.807) is 0 Å². The third-order valence-corrected chi connectivity index (χ3v) is 4.49. The van der Waals surface area contributed by atoms with Gasteiger partial charge in [-0.25, -0.2) is 0 Å². The van der Waals surface area contributed by atoms with Crippen LogP contribution in [0.3, 0.4) is 0 Å². The molecule has 4 nitrogen and oxygen atoms in total. The van der Waals surface area contributed by atoms with Gasteiger partial charge >= 0.3 is 0 Å². The normalized spacial score (nSPS) is 17.9. The summed E-state index contributed by atoms with van der Waals surface area (Å²) in [6.07, 6.45) is 7.23. The maximum absolute atomic E-state index is 5.54. The summed E-state index contributed by atoms with van der Waals surface area (Å²) in [6, 6.07) is 6.29. The van der Waals surface area contributed by atoms with Crippen molar-refractivity contribution in [3.05, 3.63) is 29.6 Å². The number of anilines is 1. The Labute approximate surface area is 130 Å². The monoisotopic (exact) mass is 305 g/mol. The molecule has 1 N–H and O–H groups in total. The zero-order chi connectivity index (χ0) is 13.4. The minimum atomic E-state index is 0. The third-order valence-electron chi connectivity index (χ3n) is 4.49. The average Bonchev–Trinajstić information content (AvgIpc) is 3.17. The average molecular weight is 306 g/mol. The maximum atomic E-state index is 5.54. The van der Waals surface area contributed by atoms with E-state index in [0.29, 0.717) is 11.8 Å². The van der Waals surface area contributed by atoms with Crippen molar-refractivity contribution in [3.8, 4) is 11.5 Å². The van der Waals surface area contributed by atoms with Crippen molar-refractivity contribution < 1.29 is 4.52 Å². The predicted octanol–water partition coefficient (Wildman–Crippen LogP) is 4.17. The van der Waals surface area contributed by atoms with Crippen LogP contribution < -0.4 is 5.32 Å². The van der Waals surface area contributed by atoms with E-state index in [0.717, 1.165) is 30.8 Å². The lowest BCUT2D eigenvalue weighted by atomic mass is 9.97. The number of aromatic nitrogens is 2. The molecular weight excluding hydrogens is 286 g/mol. The standard InChI is InChI=1S/C16H19N3O.ClH/c1-2-6-11(5-1)15-18-16(20-19-15)13-7-3-9-14-12(13)8-4-10-17-14;/h3,7,9,11,17H,1-2,4-6,8,10H2;1H. The summed E-state index contributed by atoms with van der Waals surface area (Å²) in [7, 11) is 0. The van der Waals surface area contributed by atoms with Crippen LogP contribution in [0.15, 0.2) is 22.7 Å². The highest BCUT2D eigenvalue weighted by molar-refractivity contribution is 5.85. The SMILES string of the molecule is Cl.c1cc2c(c(-c3nc(C4CCCC4)no3)c1)CCCN2. The summed E-state index contributed by atoms with van der Waals surface area (Å²) in [6.45, 7) is 1.05. The van der Waals surface area contributed by atoms with Crippen molar-refractivity contribution in [1.29, 1.82) is 0 Å². The van der Waals surface area contributed by atoms with Crippen LogP contribution in [0.1, 0.15) is 49.4 Å². The first-order valence-electron chi connectivity index (χ1n) is 7.61. The number of fused-ring (bicyclic) bond motifs is 1. The second-order valence-corrected chi connectivity index (χ2v) is 5.80. The summed E-state index contributed by atoms with van der Waals surface area (Å²) in [4.78, 5) is 4.67. The van der Waals surface area contributed by atoms with Crippen LogP contribution in [0.4, 0.5) is 5.69 Å². The fourth-order valence-corrected chi connectivity index (χ4v) is 3.40. The van der Waals surface area contributed by atoms with Gasteiger partial charge in [0.1, 0.15) is 0 Å². The molecule has 0 saturated heterocycles. The van der Waals surface area contributed by atoms with Gasteiger partial charge in [-0.1, -0.05) is 24.1 Å². The van der Waals surface area contributed by atoms with Crippen LogP contribution in [0, 0.1) is 0 Å². The molecule has 0 amide bonds. The van der Waals surface area contributed by atoms with Gasteiger partial charge in [-0.05, 0) is 43.4 Å². The molecule has 2 aliphatic rings. The Balaban J connectivity index is 0.00000132. The predicted molar refractivity (Wildman–Crippen MR) is 85.0 cm³/mol. The number of hydrogen-bond acceptors (Lipinski definition) is 4. The molecule has 1 aromatic heterocycles. The van der Waals surface area contributed by atoms with E-state index in [-0.39, 0.29) is 12.4 Å². The second kappa shape index (κ2) is 6.06. The first-order chi connectivity index (χ1) is 9.92. The molecule has 4 rings (SSSR count). The highest BCUT2D eigenvalue weighted by atomic mass is 35.5. The molecule has 5 heteroatoms. The van der Waals surface area contributed by atoms with Gasteiger partial charge in [0.05, 0.1) is 0 Å². The molecule has 0 bridgehead atoms. The highest BCUT2D eigenvalue weighted by Crippen LogP contribution is 2.35. The number of nitrogens with one attached hydrogen (secondary N) is 1. The molecule has 1 saturated carbocycles. The van der Waals surface area contributed by atoms with Gasteiger partial charge in [0, 0.05) is 23.7 Å². The molecule has 1 aromatic carbocycles. The van der Waals surface area contributed by atoms with Crippen molar-refractivity contribution in [1.82, 2.24) is 10.1 Å². The summed E-state index contributed by atoms with van der Waals surface area (Å²) >= 11 is 0. The topological polar surface area (TPSA) is 51.0 Å². The van der Waals surface area contributed by atoms with Gasteiger partial charge < -0.3 is 9.84 Å². The van der Waals surface area contributed by atoms with E-state index < -0.39 is 0 Å². The minimum absolute atomic E-state index is 0. The maximum Gasteiger partial charge on any atom is 0.258 e. The van der Waals surface area contributed by atoms with E-state index in [1.165, 1.54) is 36.9 Å². The van der Waals surface area contributed by atoms with E-state index in [1.807, 2.05) is 0 Å². The highest BCUT2D eigenvalue weighted by Gasteiger charge is 2.24. The van der Waals surface area contributed by atoms with Crippen molar-refractivity contribution in [3.63, 3.8) is 0 Å². The molecular formula is C16H20ClN3O. The van der Waals surface area contributed by atoms with E-state index in [9.17, 15) is 0 Å². The Kier molecular flexibility index (Phi) is 4.15. The fourth-order valence-electron chi connectivity index (χ4n) is 3.40. The lowest BCUT2D eigenvalue weighted by Crippen LogP contribution is -2.12. The zero-order valence-corrected chi connectivity index (χ0v) is 12.8. The molecule has 1 aliphatic heterocycles. The van der Waals surface area contributed by atoms with Crippen molar-refractivity contribution in [2.75, 3.05) is 11.9 Å². The van der Waals surface area contributed by atoms with Crippen LogP contribution in [0.5, 0.6) is 0 Å². The number of hydrogen-bond donors (Lipinski definition) is 1. The third kappa shape index (κ3) is 2.64. The summed E-state index contributed by atoms with van der Waals surface area (Å²) in [5, 5.41) is 7.66. The Bertz CT molecular complexity index is 620. The molecule has 112 valence electrons.